The fourth-order valence-corrected chi connectivity index (χ4v) is 3.50. The summed E-state index contributed by atoms with van der Waals surface area (Å²) in [6.45, 7) is 0.367. The Kier molecular flexibility index (Phi) is 4.87. The topological polar surface area (TPSA) is 102 Å². The van der Waals surface area contributed by atoms with E-state index in [1.54, 1.807) is 43.0 Å². The fraction of sp³-hybridized carbons (Fsp3) is 0.0833. The second-order valence-electron chi connectivity index (χ2n) is 7.37. The van der Waals surface area contributed by atoms with Crippen molar-refractivity contribution in [2.75, 3.05) is 5.32 Å². The van der Waals surface area contributed by atoms with E-state index < -0.39 is 0 Å². The van der Waals surface area contributed by atoms with Crippen LogP contribution >= 0.6 is 0 Å². The maximum Gasteiger partial charge on any atom is 0.270 e. The van der Waals surface area contributed by atoms with Crippen molar-refractivity contribution in [1.82, 2.24) is 19.9 Å². The van der Waals surface area contributed by atoms with Gasteiger partial charge in [-0.25, -0.2) is 4.98 Å². The monoisotopic (exact) mass is 425 g/mol. The van der Waals surface area contributed by atoms with E-state index >= 15 is 0 Å². The van der Waals surface area contributed by atoms with Crippen LogP contribution in [-0.4, -0.2) is 26.3 Å². The van der Waals surface area contributed by atoms with Crippen LogP contribution in [0.4, 0.5) is 5.69 Å². The molecule has 8 nitrogen and oxygen atoms in total. The number of benzene rings is 1. The van der Waals surface area contributed by atoms with Gasteiger partial charge in [-0.2, -0.15) is 0 Å². The highest BCUT2D eigenvalue weighted by molar-refractivity contribution is 6.34. The molecule has 3 aromatic heterocycles. The van der Waals surface area contributed by atoms with Crippen LogP contribution in [0.2, 0.25) is 0 Å². The number of aromatic nitrogens is 3. The van der Waals surface area contributed by atoms with Gasteiger partial charge < -0.3 is 19.6 Å². The maximum absolute atomic E-state index is 12.4. The molecule has 8 heteroatoms. The van der Waals surface area contributed by atoms with Crippen molar-refractivity contribution in [2.45, 2.75) is 6.54 Å². The number of carbonyl (C=O) groups excluding carboxylic acids is 2. The second kappa shape index (κ2) is 7.99. The molecule has 2 amide bonds. The zero-order chi connectivity index (χ0) is 22.1. The third-order valence-electron chi connectivity index (χ3n) is 5.25. The number of carbonyl (C=O) groups is 2. The lowest BCUT2D eigenvalue weighted by Crippen LogP contribution is -2.24. The number of aryl methyl sites for hydroxylation is 1. The maximum atomic E-state index is 12.4. The van der Waals surface area contributed by atoms with Crippen LogP contribution in [0.5, 0.6) is 0 Å². The lowest BCUT2D eigenvalue weighted by molar-refractivity contribution is -0.110. The molecular weight excluding hydrogens is 406 g/mol. The molecule has 1 aliphatic heterocycles. The first kappa shape index (κ1) is 19.5. The molecule has 5 rings (SSSR count). The van der Waals surface area contributed by atoms with E-state index in [-0.39, 0.29) is 11.8 Å². The molecule has 1 aromatic carbocycles. The lowest BCUT2D eigenvalue weighted by Gasteiger charge is -2.05. The molecule has 2 N–H and O–H groups in total. The number of nitrogens with zero attached hydrogens (tertiary/aromatic N) is 3. The van der Waals surface area contributed by atoms with Crippen molar-refractivity contribution in [2.24, 2.45) is 7.05 Å². The van der Waals surface area contributed by atoms with Crippen LogP contribution in [0.15, 0.2) is 71.7 Å². The van der Waals surface area contributed by atoms with Gasteiger partial charge in [-0.15, -0.1) is 0 Å². The van der Waals surface area contributed by atoms with Gasteiger partial charge in [0, 0.05) is 36.3 Å². The molecule has 4 aromatic rings. The van der Waals surface area contributed by atoms with Gasteiger partial charge in [0.2, 0.25) is 0 Å². The Balaban J connectivity index is 1.30. The van der Waals surface area contributed by atoms with E-state index in [1.807, 2.05) is 41.9 Å². The van der Waals surface area contributed by atoms with Crippen LogP contribution in [0.1, 0.15) is 27.5 Å². The number of para-hydroxylation sites is 1. The SMILES string of the molecule is Cn1cncc1CNC(=O)c1ccc(-c2ccc(/C=C3/C(=O)Nc4ccccc43)o2)cn1. The quantitative estimate of drug-likeness (QED) is 0.477. The number of hydrogen-bond donors (Lipinski definition) is 2. The normalized spacial score (nSPS) is 13.8. The molecule has 1 aliphatic rings. The number of rotatable bonds is 5. The van der Waals surface area contributed by atoms with Gasteiger partial charge in [-0.05, 0) is 36.4 Å². The van der Waals surface area contributed by atoms with Crippen LogP contribution in [-0.2, 0) is 18.4 Å². The lowest BCUT2D eigenvalue weighted by atomic mass is 10.1. The van der Waals surface area contributed by atoms with Crippen molar-refractivity contribution in [3.63, 3.8) is 0 Å². The molecule has 0 unspecified atom stereocenters. The predicted octanol–water partition coefficient (Wildman–Crippen LogP) is 3.50. The number of furan rings is 1. The van der Waals surface area contributed by atoms with E-state index in [1.165, 1.54) is 0 Å². The van der Waals surface area contributed by atoms with Crippen molar-refractivity contribution in [3.05, 3.63) is 90.0 Å². The number of hydrogen-bond acceptors (Lipinski definition) is 5. The van der Waals surface area contributed by atoms with Crippen LogP contribution in [0.3, 0.4) is 0 Å². The van der Waals surface area contributed by atoms with Crippen LogP contribution in [0, 0.1) is 0 Å². The average molecular weight is 425 g/mol. The summed E-state index contributed by atoms with van der Waals surface area (Å²) in [6, 6.07) is 14.6. The molecule has 0 atom stereocenters. The van der Waals surface area contributed by atoms with Gasteiger partial charge in [0.15, 0.2) is 0 Å². The Morgan fingerprint density at radius 2 is 2.03 bits per heavy atom. The molecule has 0 spiro atoms. The van der Waals surface area contributed by atoms with E-state index in [2.05, 4.69) is 20.6 Å². The Bertz CT molecular complexity index is 1350. The van der Waals surface area contributed by atoms with Gasteiger partial charge in [0.25, 0.3) is 11.8 Å². The van der Waals surface area contributed by atoms with E-state index in [9.17, 15) is 9.59 Å². The second-order valence-corrected chi connectivity index (χ2v) is 7.37. The van der Waals surface area contributed by atoms with Gasteiger partial charge in [0.1, 0.15) is 17.2 Å². The number of anilines is 1. The largest absolute Gasteiger partial charge is 0.457 e. The Morgan fingerprint density at radius 1 is 1.16 bits per heavy atom. The molecule has 0 saturated carbocycles. The first-order chi connectivity index (χ1) is 15.6. The highest BCUT2D eigenvalue weighted by Gasteiger charge is 2.23. The van der Waals surface area contributed by atoms with Gasteiger partial charge >= 0.3 is 0 Å². The zero-order valence-corrected chi connectivity index (χ0v) is 17.2. The van der Waals surface area contributed by atoms with Crippen molar-refractivity contribution in [1.29, 1.82) is 0 Å². The predicted molar refractivity (Wildman–Crippen MR) is 119 cm³/mol. The number of amides is 2. The molecule has 0 radical (unpaired) electrons. The molecule has 158 valence electrons. The highest BCUT2D eigenvalue weighted by atomic mass is 16.3. The summed E-state index contributed by atoms with van der Waals surface area (Å²) in [6.07, 6.45) is 6.69. The summed E-state index contributed by atoms with van der Waals surface area (Å²) in [5.74, 6) is 0.721. The molecule has 0 aliphatic carbocycles. The van der Waals surface area contributed by atoms with Crippen molar-refractivity contribution < 1.29 is 14.0 Å². The summed E-state index contributed by atoms with van der Waals surface area (Å²) < 4.78 is 7.74. The van der Waals surface area contributed by atoms with E-state index in [0.29, 0.717) is 29.3 Å². The Morgan fingerprint density at radius 3 is 2.81 bits per heavy atom. The molecule has 0 bridgehead atoms. The summed E-state index contributed by atoms with van der Waals surface area (Å²) in [7, 11) is 1.87. The first-order valence-electron chi connectivity index (χ1n) is 10.0. The van der Waals surface area contributed by atoms with E-state index in [4.69, 9.17) is 4.42 Å². The molecule has 0 saturated heterocycles. The minimum atomic E-state index is -0.270. The van der Waals surface area contributed by atoms with Gasteiger partial charge in [-0.3, -0.25) is 14.6 Å². The zero-order valence-electron chi connectivity index (χ0n) is 17.2. The van der Waals surface area contributed by atoms with Gasteiger partial charge in [-0.1, -0.05) is 18.2 Å². The van der Waals surface area contributed by atoms with Crippen molar-refractivity contribution in [3.8, 4) is 11.3 Å². The average Bonchev–Trinajstić information content (AvgIpc) is 3.52. The molecule has 4 heterocycles. The molecular formula is C24H19N5O3. The Hall–Kier alpha value is -4.46. The number of nitrogens with one attached hydrogen (secondary N) is 2. The summed E-state index contributed by atoms with van der Waals surface area (Å²) in [4.78, 5) is 32.9. The third-order valence-corrected chi connectivity index (χ3v) is 5.25. The van der Waals surface area contributed by atoms with Crippen LogP contribution < -0.4 is 10.6 Å². The molecule has 0 fully saturated rings. The first-order valence-corrected chi connectivity index (χ1v) is 10.0. The standard InChI is InChI=1S/C24H19N5O3/c1-29-14-25-12-16(29)13-27-24(31)21-8-6-15(11-26-21)22-9-7-17(32-22)10-19-18-4-2-3-5-20(18)28-23(19)30/h2-12,14H,13H2,1H3,(H,27,31)(H,28,30)/b19-10+. The Labute approximate surface area is 183 Å². The minimum Gasteiger partial charge on any atom is -0.457 e. The minimum absolute atomic E-state index is 0.160. The third kappa shape index (κ3) is 3.69. The van der Waals surface area contributed by atoms with Gasteiger partial charge in [0.05, 0.1) is 24.1 Å². The summed E-state index contributed by atoms with van der Waals surface area (Å²) in [5.41, 5.74) is 4.12. The smallest absolute Gasteiger partial charge is 0.270 e. The summed E-state index contributed by atoms with van der Waals surface area (Å²) in [5, 5.41) is 5.67. The van der Waals surface area contributed by atoms with E-state index in [0.717, 1.165) is 22.5 Å². The fourth-order valence-electron chi connectivity index (χ4n) is 3.50. The highest BCUT2D eigenvalue weighted by Crippen LogP contribution is 2.33. The number of imidazole rings is 1. The molecule has 32 heavy (non-hydrogen) atoms. The number of pyridine rings is 1. The van der Waals surface area contributed by atoms with Crippen molar-refractivity contribution >= 4 is 29.2 Å². The number of fused-ring (bicyclic) bond motifs is 1. The van der Waals surface area contributed by atoms with Crippen LogP contribution in [0.25, 0.3) is 23.0 Å². The summed E-state index contributed by atoms with van der Waals surface area (Å²) >= 11 is 0.